The molecule has 0 aliphatic rings. The van der Waals surface area contributed by atoms with E-state index in [0.717, 1.165) is 16.2 Å². The Kier molecular flexibility index (Phi) is 2.67. The van der Waals surface area contributed by atoms with E-state index in [4.69, 9.17) is 4.74 Å². The van der Waals surface area contributed by atoms with E-state index in [-0.39, 0.29) is 5.82 Å². The van der Waals surface area contributed by atoms with E-state index in [1.54, 1.807) is 12.1 Å². The number of methoxy groups -OCH3 is 1. The summed E-state index contributed by atoms with van der Waals surface area (Å²) in [7, 11) is 1.32. The molecule has 0 aliphatic heterocycles. The molecule has 0 unspecified atom stereocenters. The molecule has 0 amide bonds. The Labute approximate surface area is 109 Å². The van der Waals surface area contributed by atoms with Crippen molar-refractivity contribution >= 4 is 27.5 Å². The molecule has 0 saturated carbocycles. The van der Waals surface area contributed by atoms with E-state index < -0.39 is 5.97 Å². The maximum Gasteiger partial charge on any atom is 0.338 e. The summed E-state index contributed by atoms with van der Waals surface area (Å²) >= 11 is 0. The second-order valence-corrected chi connectivity index (χ2v) is 4.33. The third-order valence-electron chi connectivity index (χ3n) is 3.23. The third-order valence-corrected chi connectivity index (χ3v) is 3.23. The number of rotatable bonds is 1. The van der Waals surface area contributed by atoms with Crippen molar-refractivity contribution < 1.29 is 13.9 Å². The Balaban J connectivity index is 2.51. The average molecular weight is 254 g/mol. The van der Waals surface area contributed by atoms with Crippen molar-refractivity contribution in [2.24, 2.45) is 0 Å². The zero-order valence-corrected chi connectivity index (χ0v) is 10.3. The highest BCUT2D eigenvalue weighted by Crippen LogP contribution is 2.29. The van der Waals surface area contributed by atoms with Crippen LogP contribution in [0.2, 0.25) is 0 Å². The lowest BCUT2D eigenvalue weighted by Gasteiger charge is -2.09. The van der Waals surface area contributed by atoms with E-state index in [0.29, 0.717) is 10.9 Å². The van der Waals surface area contributed by atoms with Crippen LogP contribution in [-0.2, 0) is 4.74 Å². The Hall–Kier alpha value is -2.42. The number of benzene rings is 3. The molecule has 0 radical (unpaired) electrons. The molecule has 0 saturated heterocycles. The molecule has 3 aromatic rings. The first-order valence-electron chi connectivity index (χ1n) is 5.90. The molecule has 0 bridgehead atoms. The average Bonchev–Trinajstić information content (AvgIpc) is 2.45. The predicted molar refractivity (Wildman–Crippen MR) is 72.8 cm³/mol. The summed E-state index contributed by atoms with van der Waals surface area (Å²) in [5.41, 5.74) is 0.385. The van der Waals surface area contributed by atoms with Crippen molar-refractivity contribution in [2.75, 3.05) is 7.11 Å². The molecule has 0 spiro atoms. The summed E-state index contributed by atoms with van der Waals surface area (Å²) < 4.78 is 18.2. The summed E-state index contributed by atoms with van der Waals surface area (Å²) in [4.78, 5) is 11.8. The van der Waals surface area contributed by atoms with Gasteiger partial charge in [-0.15, -0.1) is 0 Å². The van der Waals surface area contributed by atoms with Crippen molar-refractivity contribution in [1.29, 1.82) is 0 Å². The number of hydrogen-bond acceptors (Lipinski definition) is 2. The summed E-state index contributed by atoms with van der Waals surface area (Å²) in [5.74, 6) is -0.825. The number of hydrogen-bond donors (Lipinski definition) is 0. The highest BCUT2D eigenvalue weighted by Gasteiger charge is 2.13. The number of fused-ring (bicyclic) bond motifs is 3. The standard InChI is InChI=1S/C16H11FO2/c1-19-16(18)15-8-10-4-2-3-5-12(10)13-7-6-11(17)9-14(13)15/h2-9H,1H3. The quantitative estimate of drug-likeness (QED) is 0.486. The molecule has 3 heteroatoms. The molecule has 94 valence electrons. The minimum atomic E-state index is -0.457. The molecule has 0 N–H and O–H groups in total. The Bertz CT molecular complexity index is 793. The molecule has 0 aromatic heterocycles. The summed E-state index contributed by atoms with van der Waals surface area (Å²) in [6.45, 7) is 0. The molecular formula is C16H11FO2. The van der Waals surface area contributed by atoms with Gasteiger partial charge < -0.3 is 4.74 Å². The van der Waals surface area contributed by atoms with E-state index in [1.807, 2.05) is 24.3 Å². The SMILES string of the molecule is COC(=O)c1cc2ccccc2c2ccc(F)cc12. The molecule has 3 aromatic carbocycles. The lowest BCUT2D eigenvalue weighted by Crippen LogP contribution is -2.02. The van der Waals surface area contributed by atoms with Crippen LogP contribution >= 0.6 is 0 Å². The predicted octanol–water partition coefficient (Wildman–Crippen LogP) is 3.92. The van der Waals surface area contributed by atoms with Crippen molar-refractivity contribution in [1.82, 2.24) is 0 Å². The number of carbonyl (C=O) groups excluding carboxylic acids is 1. The van der Waals surface area contributed by atoms with E-state index in [1.165, 1.54) is 19.2 Å². The lowest BCUT2D eigenvalue weighted by molar-refractivity contribution is 0.0603. The highest BCUT2D eigenvalue weighted by molar-refractivity contribution is 6.15. The molecule has 0 heterocycles. The number of carbonyl (C=O) groups is 1. The number of ether oxygens (including phenoxy) is 1. The zero-order chi connectivity index (χ0) is 13.4. The van der Waals surface area contributed by atoms with Gasteiger partial charge in [0.2, 0.25) is 0 Å². The molecule has 0 aliphatic carbocycles. The van der Waals surface area contributed by atoms with Crippen LogP contribution in [0.5, 0.6) is 0 Å². The fourth-order valence-corrected chi connectivity index (χ4v) is 2.35. The van der Waals surface area contributed by atoms with E-state index in [2.05, 4.69) is 0 Å². The molecule has 3 rings (SSSR count). The molecule has 2 nitrogen and oxygen atoms in total. The maximum absolute atomic E-state index is 13.4. The van der Waals surface area contributed by atoms with Gasteiger partial charge in [-0.1, -0.05) is 30.3 Å². The second-order valence-electron chi connectivity index (χ2n) is 4.33. The first kappa shape index (κ1) is 11.7. The van der Waals surface area contributed by atoms with Gasteiger partial charge in [-0.3, -0.25) is 0 Å². The van der Waals surface area contributed by atoms with Crippen LogP contribution in [0.25, 0.3) is 21.5 Å². The third kappa shape index (κ3) is 1.83. The van der Waals surface area contributed by atoms with Crippen LogP contribution in [0.15, 0.2) is 48.5 Å². The molecule has 0 fully saturated rings. The van der Waals surface area contributed by atoms with Gasteiger partial charge in [0, 0.05) is 0 Å². The van der Waals surface area contributed by atoms with Gasteiger partial charge >= 0.3 is 5.97 Å². The van der Waals surface area contributed by atoms with E-state index >= 15 is 0 Å². The van der Waals surface area contributed by atoms with Crippen LogP contribution in [0, 0.1) is 5.82 Å². The van der Waals surface area contributed by atoms with Gasteiger partial charge in [0.15, 0.2) is 0 Å². The molecule has 0 atom stereocenters. The molecular weight excluding hydrogens is 243 g/mol. The minimum Gasteiger partial charge on any atom is -0.465 e. The van der Waals surface area contributed by atoms with Crippen LogP contribution in [0.1, 0.15) is 10.4 Å². The van der Waals surface area contributed by atoms with Crippen molar-refractivity contribution in [2.45, 2.75) is 0 Å². The fraction of sp³-hybridized carbons (Fsp3) is 0.0625. The first-order chi connectivity index (χ1) is 9.20. The van der Waals surface area contributed by atoms with Gasteiger partial charge in [0.05, 0.1) is 12.7 Å². The summed E-state index contributed by atoms with van der Waals surface area (Å²) in [5, 5.41) is 3.35. The number of halogens is 1. The van der Waals surface area contributed by atoms with Crippen LogP contribution in [-0.4, -0.2) is 13.1 Å². The zero-order valence-electron chi connectivity index (χ0n) is 10.3. The highest BCUT2D eigenvalue weighted by atomic mass is 19.1. The monoisotopic (exact) mass is 254 g/mol. The maximum atomic E-state index is 13.4. The van der Waals surface area contributed by atoms with Crippen molar-refractivity contribution in [3.63, 3.8) is 0 Å². The van der Waals surface area contributed by atoms with Gasteiger partial charge in [-0.05, 0) is 39.7 Å². The smallest absolute Gasteiger partial charge is 0.338 e. The van der Waals surface area contributed by atoms with Crippen molar-refractivity contribution in [3.05, 3.63) is 59.9 Å². The topological polar surface area (TPSA) is 26.3 Å². The fourth-order valence-electron chi connectivity index (χ4n) is 2.35. The lowest BCUT2D eigenvalue weighted by atomic mass is 9.97. The summed E-state index contributed by atoms with van der Waals surface area (Å²) in [6.07, 6.45) is 0. The van der Waals surface area contributed by atoms with Crippen LogP contribution < -0.4 is 0 Å². The Morgan fingerprint density at radius 1 is 1.00 bits per heavy atom. The van der Waals surface area contributed by atoms with Crippen molar-refractivity contribution in [3.8, 4) is 0 Å². The summed E-state index contributed by atoms with van der Waals surface area (Å²) in [6, 6.07) is 13.9. The Morgan fingerprint density at radius 2 is 1.79 bits per heavy atom. The first-order valence-corrected chi connectivity index (χ1v) is 5.90. The van der Waals surface area contributed by atoms with Gasteiger partial charge in [-0.2, -0.15) is 0 Å². The molecule has 19 heavy (non-hydrogen) atoms. The minimum absolute atomic E-state index is 0.368. The number of esters is 1. The van der Waals surface area contributed by atoms with Gasteiger partial charge in [-0.25, -0.2) is 9.18 Å². The van der Waals surface area contributed by atoms with E-state index in [9.17, 15) is 9.18 Å². The van der Waals surface area contributed by atoms with Crippen LogP contribution in [0.3, 0.4) is 0 Å². The van der Waals surface area contributed by atoms with Crippen LogP contribution in [0.4, 0.5) is 4.39 Å². The Morgan fingerprint density at radius 3 is 2.58 bits per heavy atom. The second kappa shape index (κ2) is 4.35. The largest absolute Gasteiger partial charge is 0.465 e. The normalized spacial score (nSPS) is 10.8. The van der Waals surface area contributed by atoms with Gasteiger partial charge in [0.1, 0.15) is 5.82 Å². The van der Waals surface area contributed by atoms with Gasteiger partial charge in [0.25, 0.3) is 0 Å².